The van der Waals surface area contributed by atoms with Crippen LogP contribution in [0.5, 0.6) is 0 Å². The Morgan fingerprint density at radius 1 is 1.28 bits per heavy atom. The Morgan fingerprint density at radius 3 is 2.45 bits per heavy atom. The fourth-order valence-electron chi connectivity index (χ4n) is 3.89. The van der Waals surface area contributed by atoms with Gasteiger partial charge in [-0.2, -0.15) is 9.40 Å². The molecule has 1 unspecified atom stereocenters. The van der Waals surface area contributed by atoms with Gasteiger partial charge in [0.05, 0.1) is 22.3 Å². The van der Waals surface area contributed by atoms with E-state index >= 15 is 0 Å². The molecule has 1 N–H and O–H groups in total. The molecule has 158 valence electrons. The molecule has 0 radical (unpaired) electrons. The van der Waals surface area contributed by atoms with Crippen molar-refractivity contribution < 1.29 is 13.3 Å². The Hall–Kier alpha value is -2.46. The molecule has 0 aliphatic carbocycles. The smallest absolute Gasteiger partial charge is 0.270 e. The van der Waals surface area contributed by atoms with E-state index in [0.717, 1.165) is 35.9 Å². The van der Waals surface area contributed by atoms with E-state index in [4.69, 9.17) is 0 Å². The summed E-state index contributed by atoms with van der Waals surface area (Å²) in [6, 6.07) is 3.81. The number of non-ortho nitro benzene ring substituents is 1. The lowest BCUT2D eigenvalue weighted by molar-refractivity contribution is -0.385. The molecule has 2 aromatic rings. The molecule has 10 heteroatoms. The van der Waals surface area contributed by atoms with Gasteiger partial charge in [0.15, 0.2) is 0 Å². The second-order valence-corrected chi connectivity index (χ2v) is 9.27. The first-order valence-corrected chi connectivity index (χ1v) is 11.2. The van der Waals surface area contributed by atoms with Gasteiger partial charge in [-0.25, -0.2) is 8.42 Å². The van der Waals surface area contributed by atoms with Gasteiger partial charge in [-0.15, -0.1) is 0 Å². The minimum absolute atomic E-state index is 0.0498. The van der Waals surface area contributed by atoms with Gasteiger partial charge >= 0.3 is 0 Å². The fraction of sp³-hybridized carbons (Fsp3) is 0.526. The van der Waals surface area contributed by atoms with Crippen LogP contribution in [-0.4, -0.2) is 40.5 Å². The molecule has 0 amide bonds. The summed E-state index contributed by atoms with van der Waals surface area (Å²) in [5, 5.41) is 19.0. The summed E-state index contributed by atoms with van der Waals surface area (Å²) >= 11 is 0. The molecule has 0 bridgehead atoms. The van der Waals surface area contributed by atoms with E-state index in [2.05, 4.69) is 10.4 Å². The molecule has 0 spiro atoms. The van der Waals surface area contributed by atoms with E-state index in [0.29, 0.717) is 25.2 Å². The number of aryl methyl sites for hydroxylation is 2. The molecule has 1 aliphatic rings. The minimum Gasteiger partial charge on any atom is -0.377 e. The molecule has 3 rings (SSSR count). The first kappa shape index (κ1) is 21.3. The van der Waals surface area contributed by atoms with E-state index in [1.165, 1.54) is 16.4 Å². The zero-order valence-electron chi connectivity index (χ0n) is 17.2. The van der Waals surface area contributed by atoms with Crippen molar-refractivity contribution in [2.75, 3.05) is 18.4 Å². The van der Waals surface area contributed by atoms with Crippen LogP contribution in [0.15, 0.2) is 23.1 Å². The van der Waals surface area contributed by atoms with Gasteiger partial charge in [-0.1, -0.05) is 6.92 Å². The summed E-state index contributed by atoms with van der Waals surface area (Å²) in [7, 11) is -1.96. The molecular weight excluding hydrogens is 394 g/mol. The highest BCUT2D eigenvalue weighted by Gasteiger charge is 2.32. The van der Waals surface area contributed by atoms with E-state index in [9.17, 15) is 18.5 Å². The van der Waals surface area contributed by atoms with Crippen molar-refractivity contribution in [1.29, 1.82) is 0 Å². The predicted octanol–water partition coefficient (Wildman–Crippen LogP) is 3.29. The third-order valence-electron chi connectivity index (χ3n) is 5.51. The quantitative estimate of drug-likeness (QED) is 0.542. The van der Waals surface area contributed by atoms with E-state index in [1.807, 2.05) is 27.8 Å². The van der Waals surface area contributed by atoms with Crippen molar-refractivity contribution in [3.63, 3.8) is 0 Å². The maximum Gasteiger partial charge on any atom is 0.270 e. The molecule has 1 aliphatic heterocycles. The first-order chi connectivity index (χ1) is 13.7. The van der Waals surface area contributed by atoms with E-state index < -0.39 is 14.9 Å². The van der Waals surface area contributed by atoms with Crippen molar-refractivity contribution in [3.05, 3.63) is 45.3 Å². The number of hydrogen-bond acceptors (Lipinski definition) is 6. The van der Waals surface area contributed by atoms with Crippen LogP contribution >= 0.6 is 0 Å². The van der Waals surface area contributed by atoms with Crippen LogP contribution in [0.4, 0.5) is 11.4 Å². The molecule has 0 saturated carbocycles. The molecule has 1 atom stereocenters. The highest BCUT2D eigenvalue weighted by atomic mass is 32.2. The molecule has 1 fully saturated rings. The van der Waals surface area contributed by atoms with Crippen molar-refractivity contribution >= 4 is 21.4 Å². The fourth-order valence-corrected chi connectivity index (χ4v) is 5.58. The first-order valence-electron chi connectivity index (χ1n) is 9.72. The van der Waals surface area contributed by atoms with Crippen molar-refractivity contribution in [2.45, 2.75) is 51.0 Å². The Labute approximate surface area is 170 Å². The maximum atomic E-state index is 13.2. The molecular formula is C19H27N5O4S. The number of nitrogens with zero attached hydrogens (tertiary/aromatic N) is 4. The molecule has 1 aromatic carbocycles. The number of benzene rings is 1. The molecule has 2 heterocycles. The zero-order chi connectivity index (χ0) is 21.3. The average molecular weight is 422 g/mol. The van der Waals surface area contributed by atoms with Gasteiger partial charge in [-0.05, 0) is 39.2 Å². The number of anilines is 1. The number of nitro groups is 1. The summed E-state index contributed by atoms with van der Waals surface area (Å²) in [6.07, 6.45) is 2.29. The van der Waals surface area contributed by atoms with Crippen LogP contribution in [-0.2, 0) is 17.1 Å². The molecule has 29 heavy (non-hydrogen) atoms. The van der Waals surface area contributed by atoms with Gasteiger partial charge in [0.25, 0.3) is 5.69 Å². The molecule has 1 aromatic heterocycles. The predicted molar refractivity (Wildman–Crippen MR) is 110 cm³/mol. The lowest BCUT2D eigenvalue weighted by Gasteiger charge is -2.23. The van der Waals surface area contributed by atoms with E-state index in [1.54, 1.807) is 4.68 Å². The Balaban J connectivity index is 2.07. The Morgan fingerprint density at radius 2 is 1.93 bits per heavy atom. The second-order valence-electron chi connectivity index (χ2n) is 7.36. The topological polar surface area (TPSA) is 110 Å². The lowest BCUT2D eigenvalue weighted by Crippen LogP contribution is -2.29. The van der Waals surface area contributed by atoms with Crippen LogP contribution in [0.3, 0.4) is 0 Å². The zero-order valence-corrected chi connectivity index (χ0v) is 18.0. The molecule has 9 nitrogen and oxygen atoms in total. The van der Waals surface area contributed by atoms with E-state index in [-0.39, 0.29) is 16.6 Å². The summed E-state index contributed by atoms with van der Waals surface area (Å²) in [4.78, 5) is 10.7. The number of aromatic nitrogens is 2. The third kappa shape index (κ3) is 3.99. The SMILES string of the molecule is CCC(Nc1ccc([N+](=O)[O-])cc1S(=O)(=O)N1CCCC1)c1c(C)nn(C)c1C. The standard InChI is InChI=1S/C19H27N5O4S/c1-5-16(19-13(2)21-22(4)14(19)3)20-17-9-8-15(24(25)26)12-18(17)29(27,28)23-10-6-7-11-23/h8-9,12,16,20H,5-7,10-11H2,1-4H3. The van der Waals surface area contributed by atoms with Crippen molar-refractivity contribution in [3.8, 4) is 0 Å². The van der Waals surface area contributed by atoms with Gasteiger partial charge < -0.3 is 5.32 Å². The normalized spacial score (nSPS) is 16.1. The van der Waals surface area contributed by atoms with Crippen molar-refractivity contribution in [1.82, 2.24) is 14.1 Å². The summed E-state index contributed by atoms with van der Waals surface area (Å²) < 4.78 is 29.6. The lowest BCUT2D eigenvalue weighted by atomic mass is 10.0. The van der Waals surface area contributed by atoms with Crippen LogP contribution in [0, 0.1) is 24.0 Å². The van der Waals surface area contributed by atoms with Crippen LogP contribution < -0.4 is 5.32 Å². The number of sulfonamides is 1. The van der Waals surface area contributed by atoms with Gasteiger partial charge in [0.1, 0.15) is 4.90 Å². The summed E-state index contributed by atoms with van der Waals surface area (Å²) in [5.41, 5.74) is 3.01. The number of nitro benzene ring substituents is 1. The average Bonchev–Trinajstić information content (AvgIpc) is 3.30. The van der Waals surface area contributed by atoms with Crippen molar-refractivity contribution in [2.24, 2.45) is 7.05 Å². The number of nitrogens with one attached hydrogen (secondary N) is 1. The Kier molecular flexibility index (Phi) is 5.95. The van der Waals surface area contributed by atoms with Crippen LogP contribution in [0.25, 0.3) is 0 Å². The Bertz CT molecular complexity index is 1030. The minimum atomic E-state index is -3.83. The van der Waals surface area contributed by atoms with Gasteiger partial charge in [0, 0.05) is 43.5 Å². The van der Waals surface area contributed by atoms with Gasteiger partial charge in [-0.3, -0.25) is 14.8 Å². The number of hydrogen-bond donors (Lipinski definition) is 1. The second kappa shape index (κ2) is 8.11. The van der Waals surface area contributed by atoms with Crippen LogP contribution in [0.2, 0.25) is 0 Å². The largest absolute Gasteiger partial charge is 0.377 e. The number of rotatable bonds is 7. The van der Waals surface area contributed by atoms with Gasteiger partial charge in [0.2, 0.25) is 10.0 Å². The highest BCUT2D eigenvalue weighted by molar-refractivity contribution is 7.89. The highest BCUT2D eigenvalue weighted by Crippen LogP contribution is 2.34. The monoisotopic (exact) mass is 421 g/mol. The summed E-state index contributed by atoms with van der Waals surface area (Å²) in [6.45, 7) is 6.76. The van der Waals surface area contributed by atoms with Crippen LogP contribution in [0.1, 0.15) is 49.2 Å². The summed E-state index contributed by atoms with van der Waals surface area (Å²) in [5.74, 6) is 0. The third-order valence-corrected chi connectivity index (χ3v) is 7.45. The maximum absolute atomic E-state index is 13.2. The molecule has 1 saturated heterocycles.